The molecule has 2 N–H and O–H groups in total. The van der Waals surface area contributed by atoms with Gasteiger partial charge in [0.15, 0.2) is 0 Å². The molecule has 0 aliphatic rings. The van der Waals surface area contributed by atoms with Gasteiger partial charge in [-0.1, -0.05) is 0 Å². The van der Waals surface area contributed by atoms with Crippen LogP contribution in [0, 0.1) is 5.82 Å². The van der Waals surface area contributed by atoms with E-state index in [0.717, 1.165) is 12.3 Å². The lowest BCUT2D eigenvalue weighted by molar-refractivity contribution is 0.144. The van der Waals surface area contributed by atoms with Crippen molar-refractivity contribution in [3.05, 3.63) is 29.3 Å². The second kappa shape index (κ2) is 3.53. The Labute approximate surface area is 67.2 Å². The van der Waals surface area contributed by atoms with Crippen LogP contribution < -0.4 is 5.73 Å². The Balaban J connectivity index is 3.18. The minimum Gasteiger partial charge on any atom is -0.326 e. The molecule has 0 fully saturated rings. The highest BCUT2D eigenvalue weighted by molar-refractivity contribution is 5.22. The van der Waals surface area contributed by atoms with E-state index in [1.54, 1.807) is 0 Å². The lowest BCUT2D eigenvalue weighted by Gasteiger charge is -2.05. The summed E-state index contributed by atoms with van der Waals surface area (Å²) in [7, 11) is 0. The first-order valence-corrected chi connectivity index (χ1v) is 3.28. The molecule has 0 bridgehead atoms. The predicted octanol–water partition coefficient (Wildman–Crippen LogP) is 1.62. The lowest BCUT2D eigenvalue weighted by Crippen LogP contribution is -2.06. The topological polar surface area (TPSA) is 38.9 Å². The standard InChI is InChI=1S/C7H7F3N2/c8-5-1-2-12-6(7(9)10)4(5)3-11/h1-2,7H,3,11H2. The number of rotatable bonds is 2. The number of hydrogen-bond donors (Lipinski definition) is 1. The third-order valence-corrected chi connectivity index (χ3v) is 1.44. The van der Waals surface area contributed by atoms with Crippen LogP contribution in [0.1, 0.15) is 17.7 Å². The number of halogens is 3. The highest BCUT2D eigenvalue weighted by Crippen LogP contribution is 2.21. The van der Waals surface area contributed by atoms with E-state index < -0.39 is 17.9 Å². The Morgan fingerprint density at radius 2 is 2.17 bits per heavy atom. The molecule has 0 amide bonds. The summed E-state index contributed by atoms with van der Waals surface area (Å²) >= 11 is 0. The number of pyridine rings is 1. The molecule has 0 aliphatic heterocycles. The smallest absolute Gasteiger partial charge is 0.280 e. The minimum atomic E-state index is -2.78. The summed E-state index contributed by atoms with van der Waals surface area (Å²) in [6, 6.07) is 1.01. The Morgan fingerprint density at radius 3 is 2.58 bits per heavy atom. The van der Waals surface area contributed by atoms with Crippen molar-refractivity contribution in [2.75, 3.05) is 0 Å². The van der Waals surface area contributed by atoms with E-state index in [1.165, 1.54) is 0 Å². The van der Waals surface area contributed by atoms with Crippen LogP contribution >= 0.6 is 0 Å². The summed E-state index contributed by atoms with van der Waals surface area (Å²) in [5, 5.41) is 0. The van der Waals surface area contributed by atoms with Gasteiger partial charge in [-0.15, -0.1) is 0 Å². The molecule has 0 unspecified atom stereocenters. The highest BCUT2D eigenvalue weighted by atomic mass is 19.3. The summed E-state index contributed by atoms with van der Waals surface area (Å²) < 4.78 is 37.0. The maximum absolute atomic E-state index is 12.8. The molecule has 0 spiro atoms. The molecule has 0 radical (unpaired) electrons. The van der Waals surface area contributed by atoms with E-state index in [0.29, 0.717) is 0 Å². The molecule has 5 heteroatoms. The van der Waals surface area contributed by atoms with Gasteiger partial charge in [0.1, 0.15) is 11.5 Å². The first-order valence-electron chi connectivity index (χ1n) is 3.28. The summed E-state index contributed by atoms with van der Waals surface area (Å²) in [6.45, 7) is -0.265. The Bertz CT molecular complexity index is 275. The number of aromatic nitrogens is 1. The molecule has 1 aromatic rings. The quantitative estimate of drug-likeness (QED) is 0.743. The van der Waals surface area contributed by atoms with Gasteiger partial charge in [-0.05, 0) is 6.07 Å². The maximum Gasteiger partial charge on any atom is 0.280 e. The third-order valence-electron chi connectivity index (χ3n) is 1.44. The number of hydrogen-bond acceptors (Lipinski definition) is 2. The molecule has 1 rings (SSSR count). The molecule has 2 nitrogen and oxygen atoms in total. The molecule has 1 heterocycles. The fraction of sp³-hybridized carbons (Fsp3) is 0.286. The van der Waals surface area contributed by atoms with Gasteiger partial charge in [-0.25, -0.2) is 13.2 Å². The van der Waals surface area contributed by atoms with Crippen LogP contribution in [-0.2, 0) is 6.54 Å². The van der Waals surface area contributed by atoms with Gasteiger partial charge < -0.3 is 5.73 Å². The second-order valence-corrected chi connectivity index (χ2v) is 2.16. The lowest BCUT2D eigenvalue weighted by atomic mass is 10.2. The van der Waals surface area contributed by atoms with Crippen molar-refractivity contribution in [2.45, 2.75) is 13.0 Å². The third kappa shape index (κ3) is 1.55. The van der Waals surface area contributed by atoms with Crippen LogP contribution in [-0.4, -0.2) is 4.98 Å². The van der Waals surface area contributed by atoms with Crippen LogP contribution in [0.5, 0.6) is 0 Å². The summed E-state index contributed by atoms with van der Waals surface area (Å²) in [5.74, 6) is -0.734. The van der Waals surface area contributed by atoms with E-state index in [1.807, 2.05) is 0 Å². The van der Waals surface area contributed by atoms with Crippen molar-refractivity contribution in [3.8, 4) is 0 Å². The first kappa shape index (κ1) is 8.99. The van der Waals surface area contributed by atoms with E-state index >= 15 is 0 Å². The fourth-order valence-electron chi connectivity index (χ4n) is 0.874. The maximum atomic E-state index is 12.8. The molecule has 0 saturated carbocycles. The largest absolute Gasteiger partial charge is 0.326 e. The van der Waals surface area contributed by atoms with Crippen molar-refractivity contribution in [1.82, 2.24) is 4.98 Å². The van der Waals surface area contributed by atoms with E-state index in [-0.39, 0.29) is 12.1 Å². The Morgan fingerprint density at radius 1 is 1.50 bits per heavy atom. The van der Waals surface area contributed by atoms with E-state index in [9.17, 15) is 13.2 Å². The summed E-state index contributed by atoms with van der Waals surface area (Å²) in [5.41, 5.74) is 4.29. The van der Waals surface area contributed by atoms with Crippen molar-refractivity contribution in [2.24, 2.45) is 5.73 Å². The average Bonchev–Trinajstić information content (AvgIpc) is 2.03. The predicted molar refractivity (Wildman–Crippen MR) is 37.0 cm³/mol. The SMILES string of the molecule is NCc1c(F)ccnc1C(F)F. The summed E-state index contributed by atoms with van der Waals surface area (Å²) in [6.07, 6.45) is -1.78. The van der Waals surface area contributed by atoms with Crippen molar-refractivity contribution < 1.29 is 13.2 Å². The molecule has 66 valence electrons. The molecule has 1 aromatic heterocycles. The average molecular weight is 176 g/mol. The van der Waals surface area contributed by atoms with Gasteiger partial charge in [0.05, 0.1) is 0 Å². The molecular formula is C7H7F3N2. The number of nitrogens with two attached hydrogens (primary N) is 1. The zero-order valence-corrected chi connectivity index (χ0v) is 6.10. The van der Waals surface area contributed by atoms with E-state index in [2.05, 4.69) is 4.98 Å². The minimum absolute atomic E-state index is 0.215. The van der Waals surface area contributed by atoms with Crippen LogP contribution in [0.2, 0.25) is 0 Å². The van der Waals surface area contributed by atoms with E-state index in [4.69, 9.17) is 5.73 Å². The van der Waals surface area contributed by atoms with Crippen LogP contribution in [0.4, 0.5) is 13.2 Å². The molecule has 0 saturated heterocycles. The summed E-state index contributed by atoms with van der Waals surface area (Å²) in [4.78, 5) is 3.34. The van der Waals surface area contributed by atoms with Gasteiger partial charge >= 0.3 is 0 Å². The van der Waals surface area contributed by atoms with Crippen LogP contribution in [0.15, 0.2) is 12.3 Å². The second-order valence-electron chi connectivity index (χ2n) is 2.16. The zero-order valence-electron chi connectivity index (χ0n) is 6.10. The fourth-order valence-corrected chi connectivity index (χ4v) is 0.874. The van der Waals surface area contributed by atoms with Crippen molar-refractivity contribution in [3.63, 3.8) is 0 Å². The van der Waals surface area contributed by atoms with Crippen molar-refractivity contribution in [1.29, 1.82) is 0 Å². The van der Waals surface area contributed by atoms with Gasteiger partial charge in [-0.2, -0.15) is 0 Å². The Hall–Kier alpha value is -1.10. The zero-order chi connectivity index (χ0) is 9.14. The first-order chi connectivity index (χ1) is 5.66. The normalized spacial score (nSPS) is 10.8. The van der Waals surface area contributed by atoms with Crippen molar-refractivity contribution >= 4 is 0 Å². The monoisotopic (exact) mass is 176 g/mol. The van der Waals surface area contributed by atoms with Crippen LogP contribution in [0.3, 0.4) is 0 Å². The molecule has 0 atom stereocenters. The number of nitrogens with zero attached hydrogens (tertiary/aromatic N) is 1. The Kier molecular flexibility index (Phi) is 2.65. The molecule has 0 aromatic carbocycles. The number of alkyl halides is 2. The van der Waals surface area contributed by atoms with Gasteiger partial charge in [0.2, 0.25) is 0 Å². The van der Waals surface area contributed by atoms with Gasteiger partial charge in [0.25, 0.3) is 6.43 Å². The molecule has 12 heavy (non-hydrogen) atoms. The van der Waals surface area contributed by atoms with Gasteiger partial charge in [-0.3, -0.25) is 4.98 Å². The highest BCUT2D eigenvalue weighted by Gasteiger charge is 2.16. The molecular weight excluding hydrogens is 169 g/mol. The molecule has 0 aliphatic carbocycles. The van der Waals surface area contributed by atoms with Gasteiger partial charge in [0, 0.05) is 18.3 Å². The van der Waals surface area contributed by atoms with Crippen LogP contribution in [0.25, 0.3) is 0 Å².